The fourth-order valence-corrected chi connectivity index (χ4v) is 3.58. The molecule has 1 amide bonds. The molecule has 1 fully saturated rings. The highest BCUT2D eigenvalue weighted by molar-refractivity contribution is 9.10. The summed E-state index contributed by atoms with van der Waals surface area (Å²) in [6.45, 7) is 2.80. The van der Waals surface area contributed by atoms with Crippen molar-refractivity contribution in [3.63, 3.8) is 0 Å². The van der Waals surface area contributed by atoms with Gasteiger partial charge in [0.15, 0.2) is 0 Å². The van der Waals surface area contributed by atoms with Crippen LogP contribution in [-0.2, 0) is 11.3 Å². The lowest BCUT2D eigenvalue weighted by Gasteiger charge is -2.32. The highest BCUT2D eigenvalue weighted by atomic mass is 79.9. The van der Waals surface area contributed by atoms with E-state index in [2.05, 4.69) is 22.0 Å². The molecular weight excluding hydrogens is 392 g/mol. The molecule has 5 heteroatoms. The Morgan fingerprint density at radius 2 is 1.85 bits per heavy atom. The molecule has 134 valence electrons. The molecule has 4 nitrogen and oxygen atoms in total. The van der Waals surface area contributed by atoms with Crippen molar-refractivity contribution in [2.24, 2.45) is 5.92 Å². The summed E-state index contributed by atoms with van der Waals surface area (Å²) in [6.07, 6.45) is 1.92. The van der Waals surface area contributed by atoms with Gasteiger partial charge in [0.25, 0.3) is 5.91 Å². The van der Waals surface area contributed by atoms with E-state index in [0.29, 0.717) is 24.7 Å². The van der Waals surface area contributed by atoms with Gasteiger partial charge >= 0.3 is 0 Å². The fourth-order valence-electron chi connectivity index (χ4n) is 3.13. The van der Waals surface area contributed by atoms with E-state index < -0.39 is 0 Å². The van der Waals surface area contributed by atoms with Crippen LogP contribution >= 0.6 is 15.9 Å². The number of hydrogen-bond donors (Lipinski definition) is 0. The van der Waals surface area contributed by atoms with Crippen LogP contribution in [0, 0.1) is 17.2 Å². The summed E-state index contributed by atoms with van der Waals surface area (Å²) < 4.78 is 6.68. The molecule has 0 aromatic heterocycles. The molecule has 26 heavy (non-hydrogen) atoms. The zero-order chi connectivity index (χ0) is 18.4. The smallest absolute Gasteiger partial charge is 0.254 e. The van der Waals surface area contributed by atoms with Crippen molar-refractivity contribution in [1.29, 1.82) is 5.26 Å². The molecule has 1 saturated heterocycles. The van der Waals surface area contributed by atoms with Crippen molar-refractivity contribution in [3.8, 4) is 6.07 Å². The predicted octanol–water partition coefficient (Wildman–Crippen LogP) is 4.39. The molecule has 0 aliphatic carbocycles. The fraction of sp³-hybridized carbons (Fsp3) is 0.333. The van der Waals surface area contributed by atoms with Crippen molar-refractivity contribution in [3.05, 3.63) is 69.7 Å². The van der Waals surface area contributed by atoms with Crippen LogP contribution in [0.5, 0.6) is 0 Å². The predicted molar refractivity (Wildman–Crippen MR) is 104 cm³/mol. The van der Waals surface area contributed by atoms with Gasteiger partial charge in [0.05, 0.1) is 23.8 Å². The molecule has 2 aromatic carbocycles. The van der Waals surface area contributed by atoms with Crippen LogP contribution in [0.2, 0.25) is 0 Å². The molecule has 0 saturated carbocycles. The average molecular weight is 413 g/mol. The molecule has 0 bridgehead atoms. The second-order valence-electron chi connectivity index (χ2n) is 6.54. The number of nitrogens with zero attached hydrogens (tertiary/aromatic N) is 2. The Hall–Kier alpha value is -2.16. The first-order valence-corrected chi connectivity index (χ1v) is 9.57. The maximum absolute atomic E-state index is 12.6. The van der Waals surface area contributed by atoms with Crippen LogP contribution in [0.1, 0.15) is 34.3 Å². The van der Waals surface area contributed by atoms with E-state index in [4.69, 9.17) is 10.00 Å². The molecule has 0 atom stereocenters. The van der Waals surface area contributed by atoms with Gasteiger partial charge in [-0.15, -0.1) is 0 Å². The van der Waals surface area contributed by atoms with Crippen molar-refractivity contribution < 1.29 is 9.53 Å². The third-order valence-corrected chi connectivity index (χ3v) is 5.40. The van der Waals surface area contributed by atoms with Crippen LogP contribution in [0.4, 0.5) is 0 Å². The Morgan fingerprint density at radius 1 is 1.15 bits per heavy atom. The highest BCUT2D eigenvalue weighted by Crippen LogP contribution is 2.23. The lowest BCUT2D eigenvalue weighted by Crippen LogP contribution is -2.39. The second-order valence-corrected chi connectivity index (χ2v) is 7.39. The number of ether oxygens (including phenoxy) is 1. The molecule has 2 aromatic rings. The van der Waals surface area contributed by atoms with Gasteiger partial charge in [0, 0.05) is 24.2 Å². The van der Waals surface area contributed by atoms with Crippen LogP contribution in [-0.4, -0.2) is 30.5 Å². The number of benzene rings is 2. The summed E-state index contributed by atoms with van der Waals surface area (Å²) >= 11 is 3.46. The van der Waals surface area contributed by atoms with Gasteiger partial charge in [-0.1, -0.05) is 24.3 Å². The quantitative estimate of drug-likeness (QED) is 0.731. The third kappa shape index (κ3) is 4.72. The number of amides is 1. The molecular formula is C21H21BrN2O2. The maximum Gasteiger partial charge on any atom is 0.254 e. The molecule has 1 aliphatic heterocycles. The summed E-state index contributed by atoms with van der Waals surface area (Å²) in [7, 11) is 0. The monoisotopic (exact) mass is 412 g/mol. The van der Waals surface area contributed by atoms with Gasteiger partial charge in [-0.05, 0) is 64.5 Å². The van der Waals surface area contributed by atoms with Gasteiger partial charge in [0.2, 0.25) is 0 Å². The van der Waals surface area contributed by atoms with E-state index in [0.717, 1.165) is 41.5 Å². The molecule has 0 radical (unpaired) electrons. The van der Waals surface area contributed by atoms with E-state index in [-0.39, 0.29) is 5.91 Å². The third-order valence-electron chi connectivity index (χ3n) is 4.71. The average Bonchev–Trinajstić information content (AvgIpc) is 2.69. The lowest BCUT2D eigenvalue weighted by molar-refractivity contribution is 0.0478. The van der Waals surface area contributed by atoms with Crippen molar-refractivity contribution in [2.45, 2.75) is 19.4 Å². The molecule has 3 rings (SSSR count). The first-order chi connectivity index (χ1) is 12.7. The number of piperidine rings is 1. The minimum atomic E-state index is 0.0921. The Bertz CT molecular complexity index is 790. The second kappa shape index (κ2) is 8.98. The van der Waals surface area contributed by atoms with Crippen molar-refractivity contribution >= 4 is 21.8 Å². The maximum atomic E-state index is 12.6. The van der Waals surface area contributed by atoms with Gasteiger partial charge in [-0.25, -0.2) is 0 Å². The standard InChI is InChI=1S/C21H21BrN2O2/c22-20-4-2-1-3-19(20)21(25)24-11-9-18(10-12-24)15-26-14-17-7-5-16(13-23)6-8-17/h1-8,18H,9-12,14-15H2. The topological polar surface area (TPSA) is 53.3 Å². The number of carbonyl (C=O) groups is 1. The number of rotatable bonds is 5. The van der Waals surface area contributed by atoms with Gasteiger partial charge in [0.1, 0.15) is 0 Å². The summed E-state index contributed by atoms with van der Waals surface area (Å²) in [4.78, 5) is 14.5. The molecule has 1 heterocycles. The van der Waals surface area contributed by atoms with E-state index in [1.807, 2.05) is 53.4 Å². The SMILES string of the molecule is N#Cc1ccc(COCC2CCN(C(=O)c3ccccc3Br)CC2)cc1. The van der Waals surface area contributed by atoms with Gasteiger partial charge in [-0.3, -0.25) is 4.79 Å². The number of nitriles is 1. The van der Waals surface area contributed by atoms with E-state index in [1.165, 1.54) is 0 Å². The molecule has 1 aliphatic rings. The molecule has 0 spiro atoms. The Balaban J connectivity index is 1.43. The highest BCUT2D eigenvalue weighted by Gasteiger charge is 2.24. The van der Waals surface area contributed by atoms with E-state index >= 15 is 0 Å². The first-order valence-electron chi connectivity index (χ1n) is 8.78. The summed E-state index contributed by atoms with van der Waals surface area (Å²) in [5, 5.41) is 8.81. The van der Waals surface area contributed by atoms with Gasteiger partial charge < -0.3 is 9.64 Å². The van der Waals surface area contributed by atoms with E-state index in [9.17, 15) is 4.79 Å². The van der Waals surface area contributed by atoms with E-state index in [1.54, 1.807) is 0 Å². The number of halogens is 1. The van der Waals surface area contributed by atoms with Crippen molar-refractivity contribution in [2.75, 3.05) is 19.7 Å². The number of hydrogen-bond acceptors (Lipinski definition) is 3. The van der Waals surface area contributed by atoms with Crippen LogP contribution in [0.25, 0.3) is 0 Å². The molecule has 0 unspecified atom stereocenters. The van der Waals surface area contributed by atoms with Crippen LogP contribution in [0.15, 0.2) is 53.0 Å². The zero-order valence-corrected chi connectivity index (χ0v) is 16.1. The van der Waals surface area contributed by atoms with Crippen molar-refractivity contribution in [1.82, 2.24) is 4.90 Å². The minimum Gasteiger partial charge on any atom is -0.376 e. The summed E-state index contributed by atoms with van der Waals surface area (Å²) in [5.41, 5.74) is 2.46. The minimum absolute atomic E-state index is 0.0921. The number of carbonyl (C=O) groups excluding carboxylic acids is 1. The largest absolute Gasteiger partial charge is 0.376 e. The summed E-state index contributed by atoms with van der Waals surface area (Å²) in [5.74, 6) is 0.575. The first kappa shape index (κ1) is 18.6. The van der Waals surface area contributed by atoms with Crippen LogP contribution < -0.4 is 0 Å². The van der Waals surface area contributed by atoms with Gasteiger partial charge in [-0.2, -0.15) is 5.26 Å². The zero-order valence-electron chi connectivity index (χ0n) is 14.5. The Morgan fingerprint density at radius 3 is 2.50 bits per heavy atom. The Labute approximate surface area is 162 Å². The van der Waals surface area contributed by atoms with Crippen LogP contribution in [0.3, 0.4) is 0 Å². The normalized spacial score (nSPS) is 14.8. The molecule has 0 N–H and O–H groups in total. The number of likely N-dealkylation sites (tertiary alicyclic amines) is 1. The summed E-state index contributed by atoms with van der Waals surface area (Å²) in [6, 6.07) is 17.2. The lowest BCUT2D eigenvalue weighted by atomic mass is 9.97. The Kier molecular flexibility index (Phi) is 6.43.